The van der Waals surface area contributed by atoms with Crippen LogP contribution in [-0.2, 0) is 23.1 Å². The number of benzene rings is 5. The van der Waals surface area contributed by atoms with Crippen molar-refractivity contribution in [3.8, 4) is 0 Å². The summed E-state index contributed by atoms with van der Waals surface area (Å²) in [6.07, 6.45) is -0.871. The van der Waals surface area contributed by atoms with Gasteiger partial charge in [0.05, 0.1) is 0 Å². The van der Waals surface area contributed by atoms with Crippen LogP contribution in [0.15, 0.2) is 164 Å². The predicted molar refractivity (Wildman–Crippen MR) is 245 cm³/mol. The van der Waals surface area contributed by atoms with E-state index in [0.717, 1.165) is 0 Å². The zero-order valence-corrected chi connectivity index (χ0v) is 39.3. The third kappa shape index (κ3) is 8.78. The Morgan fingerprint density at radius 1 is 0.525 bits per heavy atom. The van der Waals surface area contributed by atoms with Gasteiger partial charge in [0.25, 0.3) is 0 Å². The third-order valence-electron chi connectivity index (χ3n) is 11.9. The Kier molecular flexibility index (Phi) is 13.4. The van der Waals surface area contributed by atoms with Crippen molar-refractivity contribution in [3.63, 3.8) is 0 Å². The van der Waals surface area contributed by atoms with E-state index in [4.69, 9.17) is 23.1 Å². The van der Waals surface area contributed by atoms with Crippen LogP contribution in [0.2, 0.25) is 14.9 Å². The van der Waals surface area contributed by atoms with Gasteiger partial charge in [-0.3, -0.25) is 0 Å². The molecule has 9 heteroatoms. The molecule has 59 heavy (non-hydrogen) atoms. The summed E-state index contributed by atoms with van der Waals surface area (Å²) < 4.78 is 37.9. The summed E-state index contributed by atoms with van der Waals surface area (Å²) in [5.41, 5.74) is 0. The second-order valence-corrected chi connectivity index (χ2v) is 29.0. The Balaban J connectivity index is 1.49. The number of hydrogen-bond acceptors (Lipinski definition) is 6. The van der Waals surface area contributed by atoms with Crippen LogP contribution in [0.5, 0.6) is 0 Å². The molecule has 0 amide bonds. The van der Waals surface area contributed by atoms with Crippen molar-refractivity contribution < 1.29 is 28.2 Å². The number of aliphatic hydroxyl groups is 1. The number of rotatable bonds is 12. The molecule has 0 radical (unpaired) electrons. The molecule has 310 valence electrons. The van der Waals surface area contributed by atoms with Gasteiger partial charge in [0.15, 0.2) is 0 Å². The van der Waals surface area contributed by atoms with Crippen molar-refractivity contribution in [2.45, 2.75) is 113 Å². The third-order valence-corrected chi connectivity index (χ3v) is 24.7. The van der Waals surface area contributed by atoms with Gasteiger partial charge in [-0.2, -0.15) is 0 Å². The Hall–Kier alpha value is -3.61. The van der Waals surface area contributed by atoms with E-state index < -0.39 is 53.4 Å². The molecule has 0 spiro atoms. The van der Waals surface area contributed by atoms with E-state index in [9.17, 15) is 5.11 Å². The van der Waals surface area contributed by atoms with Crippen LogP contribution in [0, 0.1) is 0 Å². The van der Waals surface area contributed by atoms with Crippen LogP contribution >= 0.6 is 0 Å². The fourth-order valence-electron chi connectivity index (χ4n) is 9.01. The van der Waals surface area contributed by atoms with Crippen molar-refractivity contribution in [1.29, 1.82) is 0 Å². The molecule has 1 N–H and O–H groups in total. The monoisotopic (exact) mass is 892 g/mol. The normalized spacial score (nSPS) is 25.3. The van der Waals surface area contributed by atoms with Crippen molar-refractivity contribution in [2.75, 3.05) is 0 Å². The maximum absolute atomic E-state index is 11.3. The summed E-state index contributed by atoms with van der Waals surface area (Å²) in [6, 6.07) is 54.0. The Morgan fingerprint density at radius 3 is 1.31 bits per heavy atom. The first-order valence-electron chi connectivity index (χ1n) is 20.9. The molecule has 5 aromatic carbocycles. The van der Waals surface area contributed by atoms with Gasteiger partial charge >= 0.3 is 362 Å². The maximum atomic E-state index is 11.3. The average molecular weight is 892 g/mol. The van der Waals surface area contributed by atoms with Gasteiger partial charge in [0.2, 0.25) is 0 Å². The Labute approximate surface area is 360 Å². The molecule has 7 rings (SSSR count). The average Bonchev–Trinajstić information content (AvgIpc) is 3.23. The number of ether oxygens (including phenoxy) is 3. The molecule has 2 aliphatic rings. The molecule has 0 unspecified atom stereocenters. The van der Waals surface area contributed by atoms with Crippen LogP contribution in [0.4, 0.5) is 0 Å². The van der Waals surface area contributed by atoms with E-state index in [1.165, 1.54) is 25.2 Å². The number of hydrogen-bond donors (Lipinski definition) is 1. The van der Waals surface area contributed by atoms with E-state index in [1.54, 1.807) is 12.3 Å². The van der Waals surface area contributed by atoms with E-state index in [2.05, 4.69) is 200 Å². The van der Waals surface area contributed by atoms with E-state index in [1.807, 2.05) is 6.92 Å². The molecule has 2 heterocycles. The molecular weight excluding hydrogens is 832 g/mol. The summed E-state index contributed by atoms with van der Waals surface area (Å²) >= 11 is -0.227. The zero-order valence-electron chi connectivity index (χ0n) is 35.6. The van der Waals surface area contributed by atoms with Crippen LogP contribution in [-0.4, -0.2) is 79.6 Å². The summed E-state index contributed by atoms with van der Waals surface area (Å²) in [5.74, 6) is 0. The summed E-state index contributed by atoms with van der Waals surface area (Å²) in [6.45, 7) is 18.0. The number of aliphatic hydroxyl groups excluding tert-OH is 1. The standard InChI is InChI=1S/C50H60O6SeSi2/c1-36-44(43(51)34-35-52-36)54-48-47(57-38-24-14-9-15-25-38)46(56-59(50(6,7)8,41-30-20-12-21-31-41)42-32-22-13-23-33-42)45(37(2)53-48)55-58(49(3,4)5,39-26-16-10-17-27-39)40-28-18-11-19-29-40/h9-37,43-48,51H,1-8H3/t36-,37-,43-,44-,45-,46+,47-,48+/m0/s1. The van der Waals surface area contributed by atoms with Crippen LogP contribution < -0.4 is 25.2 Å². The first-order valence-corrected chi connectivity index (χ1v) is 26.5. The predicted octanol–water partition coefficient (Wildman–Crippen LogP) is 7.12. The van der Waals surface area contributed by atoms with Crippen molar-refractivity contribution in [1.82, 2.24) is 0 Å². The second-order valence-electron chi connectivity index (χ2n) is 17.9. The summed E-state index contributed by atoms with van der Waals surface area (Å²) in [7, 11) is -6.36. The zero-order chi connectivity index (χ0) is 41.8. The first kappa shape index (κ1) is 43.5. The van der Waals surface area contributed by atoms with E-state index in [-0.39, 0.29) is 36.0 Å². The molecule has 0 aliphatic carbocycles. The van der Waals surface area contributed by atoms with E-state index >= 15 is 0 Å². The minimum atomic E-state index is -3.21. The first-order chi connectivity index (χ1) is 28.3. The molecular formula is C50H60O6SeSi2. The molecule has 5 aromatic rings. The fraction of sp³-hybridized carbons (Fsp3) is 0.360. The SMILES string of the molecule is C[C@@H]1O[C@H](O[C@H]2[C@H](C)OC=C[C@@H]2O)[C@@H]([Se]c2ccccc2)[C@H](O[Si](c2ccccc2)(c2ccccc2)C(C)(C)C)[C@H]1O[Si](c1ccccc1)(c1ccccc1)C(C)(C)C. The van der Waals surface area contributed by atoms with E-state index in [0.29, 0.717) is 0 Å². The van der Waals surface area contributed by atoms with Gasteiger partial charge in [-0.25, -0.2) is 0 Å². The Bertz CT molecular complexity index is 2010. The van der Waals surface area contributed by atoms with Crippen molar-refractivity contribution >= 4 is 56.8 Å². The van der Waals surface area contributed by atoms with Gasteiger partial charge in [0, 0.05) is 0 Å². The Morgan fingerprint density at radius 2 is 0.915 bits per heavy atom. The molecule has 1 saturated heterocycles. The van der Waals surface area contributed by atoms with Gasteiger partial charge in [0.1, 0.15) is 0 Å². The van der Waals surface area contributed by atoms with Gasteiger partial charge in [-0.15, -0.1) is 0 Å². The van der Waals surface area contributed by atoms with Gasteiger partial charge in [-0.1, -0.05) is 0 Å². The van der Waals surface area contributed by atoms with Crippen LogP contribution in [0.25, 0.3) is 0 Å². The molecule has 1 fully saturated rings. The quantitative estimate of drug-likeness (QED) is 0.135. The van der Waals surface area contributed by atoms with Gasteiger partial charge < -0.3 is 0 Å². The topological polar surface area (TPSA) is 66.4 Å². The minimum absolute atomic E-state index is 0.227. The van der Waals surface area contributed by atoms with Crippen LogP contribution in [0.1, 0.15) is 55.4 Å². The second kappa shape index (κ2) is 18.2. The van der Waals surface area contributed by atoms with Crippen molar-refractivity contribution in [2.24, 2.45) is 0 Å². The van der Waals surface area contributed by atoms with Crippen LogP contribution in [0.3, 0.4) is 0 Å². The molecule has 6 nitrogen and oxygen atoms in total. The fourth-order valence-corrected chi connectivity index (χ4v) is 21.2. The summed E-state index contributed by atoms with van der Waals surface area (Å²) in [4.78, 5) is -0.295. The molecule has 0 saturated carbocycles. The molecule has 2 aliphatic heterocycles. The van der Waals surface area contributed by atoms with Gasteiger partial charge in [-0.05, 0) is 0 Å². The van der Waals surface area contributed by atoms with Crippen molar-refractivity contribution in [3.05, 3.63) is 164 Å². The summed E-state index contributed by atoms with van der Waals surface area (Å²) in [5, 5.41) is 15.5. The molecule has 0 aromatic heterocycles. The molecule has 0 bridgehead atoms. The molecule has 8 atom stereocenters.